The second-order valence-electron chi connectivity index (χ2n) is 4.49. The van der Waals surface area contributed by atoms with Crippen LogP contribution in [0.2, 0.25) is 0 Å². The fraction of sp³-hybridized carbons (Fsp3) is 0.462. The summed E-state index contributed by atoms with van der Waals surface area (Å²) < 4.78 is 3.53. The summed E-state index contributed by atoms with van der Waals surface area (Å²) in [5.41, 5.74) is 3.40. The molecule has 0 aliphatic carbocycles. The van der Waals surface area contributed by atoms with Crippen molar-refractivity contribution in [3.05, 3.63) is 34.2 Å². The van der Waals surface area contributed by atoms with Crippen LogP contribution in [0, 0.1) is 0 Å². The Bertz CT molecular complexity index is 575. The Balaban J connectivity index is 2.80. The summed E-state index contributed by atoms with van der Waals surface area (Å²) in [5, 5.41) is 0. The number of fused-ring (bicyclic) bond motifs is 1. The highest BCUT2D eigenvalue weighted by Gasteiger charge is 2.10. The van der Waals surface area contributed by atoms with Crippen molar-refractivity contribution in [2.75, 3.05) is 0 Å². The number of hydrogen-bond donors (Lipinski definition) is 0. The molecule has 0 bridgehead atoms. The zero-order valence-corrected chi connectivity index (χ0v) is 10.3. The van der Waals surface area contributed by atoms with E-state index in [1.165, 1.54) is 5.56 Å². The Labute approximate surface area is 95.3 Å². The highest BCUT2D eigenvalue weighted by molar-refractivity contribution is 5.77. The second kappa shape index (κ2) is 3.81. The van der Waals surface area contributed by atoms with Crippen molar-refractivity contribution in [3.63, 3.8) is 0 Å². The van der Waals surface area contributed by atoms with E-state index in [2.05, 4.69) is 32.0 Å². The summed E-state index contributed by atoms with van der Waals surface area (Å²) in [6.07, 6.45) is 0. The predicted octanol–water partition coefficient (Wildman–Crippen LogP) is 2.48. The third kappa shape index (κ3) is 1.47. The average molecular weight is 218 g/mol. The van der Waals surface area contributed by atoms with E-state index in [-0.39, 0.29) is 5.69 Å². The van der Waals surface area contributed by atoms with Gasteiger partial charge in [-0.05, 0) is 30.5 Å². The molecule has 0 saturated carbocycles. The molecule has 1 heterocycles. The first-order chi connectivity index (χ1) is 7.56. The standard InChI is InChI=1S/C13H18N2O/c1-5-15-11-7-6-10(9(2)3)8-12(11)14(4)13(15)16/h6-9H,5H2,1-4H3. The SMILES string of the molecule is CCn1c(=O)n(C)c2cc(C(C)C)ccc21. The van der Waals surface area contributed by atoms with Crippen molar-refractivity contribution in [1.29, 1.82) is 0 Å². The molecule has 0 unspecified atom stereocenters. The molecule has 0 spiro atoms. The Hall–Kier alpha value is -1.51. The van der Waals surface area contributed by atoms with Crippen molar-refractivity contribution in [2.24, 2.45) is 7.05 Å². The van der Waals surface area contributed by atoms with Crippen LogP contribution in [-0.4, -0.2) is 9.13 Å². The minimum Gasteiger partial charge on any atom is -0.295 e. The maximum absolute atomic E-state index is 11.9. The first-order valence-corrected chi connectivity index (χ1v) is 5.75. The highest BCUT2D eigenvalue weighted by Crippen LogP contribution is 2.20. The molecular formula is C13H18N2O. The summed E-state index contributed by atoms with van der Waals surface area (Å²) in [6, 6.07) is 6.28. The van der Waals surface area contributed by atoms with Crippen molar-refractivity contribution in [3.8, 4) is 0 Å². The lowest BCUT2D eigenvalue weighted by atomic mass is 10.0. The number of hydrogen-bond acceptors (Lipinski definition) is 1. The van der Waals surface area contributed by atoms with E-state index >= 15 is 0 Å². The van der Waals surface area contributed by atoms with Crippen LogP contribution in [0.15, 0.2) is 23.0 Å². The molecule has 3 heteroatoms. The molecule has 3 nitrogen and oxygen atoms in total. The number of nitrogens with zero attached hydrogens (tertiary/aromatic N) is 2. The summed E-state index contributed by atoms with van der Waals surface area (Å²) in [5.74, 6) is 0.490. The molecule has 0 radical (unpaired) electrons. The van der Waals surface area contributed by atoms with Gasteiger partial charge >= 0.3 is 5.69 Å². The monoisotopic (exact) mass is 218 g/mol. The number of benzene rings is 1. The first-order valence-electron chi connectivity index (χ1n) is 5.75. The van der Waals surface area contributed by atoms with E-state index < -0.39 is 0 Å². The topological polar surface area (TPSA) is 26.9 Å². The van der Waals surface area contributed by atoms with Gasteiger partial charge in [-0.15, -0.1) is 0 Å². The van der Waals surface area contributed by atoms with Gasteiger partial charge in [-0.2, -0.15) is 0 Å². The Morgan fingerprint density at radius 3 is 2.50 bits per heavy atom. The zero-order valence-electron chi connectivity index (χ0n) is 10.3. The number of rotatable bonds is 2. The van der Waals surface area contributed by atoms with Gasteiger partial charge in [0.15, 0.2) is 0 Å². The molecule has 0 aliphatic rings. The highest BCUT2D eigenvalue weighted by atomic mass is 16.1. The van der Waals surface area contributed by atoms with E-state index in [4.69, 9.17) is 0 Å². The molecule has 1 aromatic carbocycles. The van der Waals surface area contributed by atoms with Crippen molar-refractivity contribution < 1.29 is 0 Å². The van der Waals surface area contributed by atoms with E-state index in [9.17, 15) is 4.79 Å². The lowest BCUT2D eigenvalue weighted by Gasteiger charge is -2.05. The first kappa shape index (κ1) is 11.0. The molecule has 0 N–H and O–H groups in total. The van der Waals surface area contributed by atoms with Gasteiger partial charge in [0, 0.05) is 13.6 Å². The number of aromatic nitrogens is 2. The quantitative estimate of drug-likeness (QED) is 0.760. The molecule has 0 saturated heterocycles. The van der Waals surface area contributed by atoms with Gasteiger partial charge in [-0.3, -0.25) is 9.13 Å². The Morgan fingerprint density at radius 2 is 1.94 bits per heavy atom. The van der Waals surface area contributed by atoms with E-state index in [1.54, 1.807) is 9.13 Å². The van der Waals surface area contributed by atoms with Crippen LogP contribution in [0.5, 0.6) is 0 Å². The normalized spacial score (nSPS) is 11.6. The van der Waals surface area contributed by atoms with Gasteiger partial charge in [0.05, 0.1) is 11.0 Å². The van der Waals surface area contributed by atoms with Gasteiger partial charge < -0.3 is 0 Å². The summed E-state index contributed by atoms with van der Waals surface area (Å²) >= 11 is 0. The molecule has 2 rings (SSSR count). The molecule has 2 aromatic rings. The lowest BCUT2D eigenvalue weighted by molar-refractivity contribution is 0.712. The molecule has 86 valence electrons. The maximum Gasteiger partial charge on any atom is 0.328 e. The summed E-state index contributed by atoms with van der Waals surface area (Å²) in [6.45, 7) is 7.04. The largest absolute Gasteiger partial charge is 0.328 e. The molecule has 0 fully saturated rings. The Kier molecular flexibility index (Phi) is 2.62. The number of imidazole rings is 1. The van der Waals surface area contributed by atoms with Gasteiger partial charge in [0.2, 0.25) is 0 Å². The van der Waals surface area contributed by atoms with Crippen molar-refractivity contribution >= 4 is 11.0 Å². The molecule has 0 amide bonds. The fourth-order valence-corrected chi connectivity index (χ4v) is 2.09. The van der Waals surface area contributed by atoms with Crippen molar-refractivity contribution in [2.45, 2.75) is 33.2 Å². The summed E-state index contributed by atoms with van der Waals surface area (Å²) in [4.78, 5) is 11.9. The van der Waals surface area contributed by atoms with E-state index in [1.807, 2.05) is 14.0 Å². The van der Waals surface area contributed by atoms with Crippen LogP contribution in [0.25, 0.3) is 11.0 Å². The van der Waals surface area contributed by atoms with Crippen LogP contribution in [-0.2, 0) is 13.6 Å². The van der Waals surface area contributed by atoms with Crippen LogP contribution >= 0.6 is 0 Å². The zero-order chi connectivity index (χ0) is 11.9. The van der Waals surface area contributed by atoms with E-state index in [0.29, 0.717) is 5.92 Å². The third-order valence-electron chi connectivity index (χ3n) is 3.15. The minimum atomic E-state index is 0.0680. The van der Waals surface area contributed by atoms with Gasteiger partial charge in [0.25, 0.3) is 0 Å². The molecule has 0 atom stereocenters. The van der Waals surface area contributed by atoms with Gasteiger partial charge in [0.1, 0.15) is 0 Å². The summed E-state index contributed by atoms with van der Waals surface area (Å²) in [7, 11) is 1.83. The molecular weight excluding hydrogens is 200 g/mol. The van der Waals surface area contributed by atoms with E-state index in [0.717, 1.165) is 17.6 Å². The lowest BCUT2D eigenvalue weighted by Crippen LogP contribution is -2.21. The van der Waals surface area contributed by atoms with Crippen LogP contribution in [0.3, 0.4) is 0 Å². The third-order valence-corrected chi connectivity index (χ3v) is 3.15. The smallest absolute Gasteiger partial charge is 0.295 e. The predicted molar refractivity (Wildman–Crippen MR) is 66.9 cm³/mol. The average Bonchev–Trinajstić information content (AvgIpc) is 2.51. The van der Waals surface area contributed by atoms with Crippen molar-refractivity contribution in [1.82, 2.24) is 9.13 Å². The number of aryl methyl sites for hydroxylation is 2. The fourth-order valence-electron chi connectivity index (χ4n) is 2.09. The maximum atomic E-state index is 11.9. The van der Waals surface area contributed by atoms with Gasteiger partial charge in [-0.25, -0.2) is 4.79 Å². The minimum absolute atomic E-state index is 0.0680. The molecule has 1 aromatic heterocycles. The molecule has 16 heavy (non-hydrogen) atoms. The Morgan fingerprint density at radius 1 is 1.25 bits per heavy atom. The van der Waals surface area contributed by atoms with Crippen LogP contribution in [0.4, 0.5) is 0 Å². The van der Waals surface area contributed by atoms with Crippen LogP contribution < -0.4 is 5.69 Å². The second-order valence-corrected chi connectivity index (χ2v) is 4.49. The molecule has 0 aliphatic heterocycles. The van der Waals surface area contributed by atoms with Crippen LogP contribution in [0.1, 0.15) is 32.3 Å². The van der Waals surface area contributed by atoms with Gasteiger partial charge in [-0.1, -0.05) is 19.9 Å².